The van der Waals surface area contributed by atoms with Crippen LogP contribution in [-0.4, -0.2) is 12.5 Å². The summed E-state index contributed by atoms with van der Waals surface area (Å²) < 4.78 is 31.6. The lowest BCUT2D eigenvalue weighted by Gasteiger charge is -2.13. The fourth-order valence-corrected chi connectivity index (χ4v) is 2.74. The van der Waals surface area contributed by atoms with Gasteiger partial charge in [0.25, 0.3) is 0 Å². The van der Waals surface area contributed by atoms with E-state index in [1.54, 1.807) is 6.07 Å². The van der Waals surface area contributed by atoms with Crippen LogP contribution in [0, 0.1) is 5.92 Å². The van der Waals surface area contributed by atoms with Gasteiger partial charge in [0.05, 0.1) is 11.6 Å². The van der Waals surface area contributed by atoms with E-state index in [4.69, 9.17) is 16.3 Å². The minimum Gasteiger partial charge on any atom is -0.492 e. The number of alkyl halides is 3. The van der Waals surface area contributed by atoms with Crippen molar-refractivity contribution < 1.29 is 13.5 Å². The van der Waals surface area contributed by atoms with Gasteiger partial charge in [-0.2, -0.15) is 0 Å². The standard InChI is InChI=1S/C13H14BrClF2O/c14-7-9-1-2-12(11(15)5-9)18-8-10-3-4-13(16,17)6-10/h1-2,5,10H,3-4,6-8H2. The highest BCUT2D eigenvalue weighted by Crippen LogP contribution is 2.39. The second-order valence-corrected chi connectivity index (χ2v) is 5.64. The quantitative estimate of drug-likeness (QED) is 0.698. The Labute approximate surface area is 119 Å². The number of rotatable bonds is 4. The third-order valence-electron chi connectivity index (χ3n) is 3.13. The smallest absolute Gasteiger partial charge is 0.248 e. The van der Waals surface area contributed by atoms with Crippen molar-refractivity contribution in [3.8, 4) is 5.75 Å². The highest BCUT2D eigenvalue weighted by Gasteiger charge is 2.39. The van der Waals surface area contributed by atoms with Crippen LogP contribution in [0.25, 0.3) is 0 Å². The fourth-order valence-electron chi connectivity index (χ4n) is 2.14. The molecule has 0 heterocycles. The molecule has 100 valence electrons. The topological polar surface area (TPSA) is 9.23 Å². The minimum absolute atomic E-state index is 0.0305. The minimum atomic E-state index is -2.52. The van der Waals surface area contributed by atoms with Crippen molar-refractivity contribution in [1.82, 2.24) is 0 Å². The zero-order valence-electron chi connectivity index (χ0n) is 9.77. The first kappa shape index (κ1) is 14.1. The molecule has 1 fully saturated rings. The van der Waals surface area contributed by atoms with Gasteiger partial charge in [-0.15, -0.1) is 0 Å². The molecule has 0 aliphatic heterocycles. The van der Waals surface area contributed by atoms with Gasteiger partial charge in [0.1, 0.15) is 5.75 Å². The van der Waals surface area contributed by atoms with Crippen LogP contribution >= 0.6 is 27.5 Å². The lowest BCUT2D eigenvalue weighted by atomic mass is 10.1. The number of hydrogen-bond donors (Lipinski definition) is 0. The molecule has 1 aromatic rings. The van der Waals surface area contributed by atoms with Crippen molar-refractivity contribution in [3.05, 3.63) is 28.8 Å². The molecule has 2 rings (SSSR count). The first-order chi connectivity index (χ1) is 8.50. The van der Waals surface area contributed by atoms with Crippen LogP contribution in [0.3, 0.4) is 0 Å². The Morgan fingerprint density at radius 3 is 2.78 bits per heavy atom. The zero-order chi connectivity index (χ0) is 13.2. The van der Waals surface area contributed by atoms with Crippen molar-refractivity contribution in [1.29, 1.82) is 0 Å². The van der Waals surface area contributed by atoms with Crippen LogP contribution in [0.5, 0.6) is 5.75 Å². The SMILES string of the molecule is FC1(F)CCC(COc2ccc(CBr)cc2Cl)C1. The molecule has 0 amide bonds. The highest BCUT2D eigenvalue weighted by molar-refractivity contribution is 9.08. The largest absolute Gasteiger partial charge is 0.492 e. The van der Waals surface area contributed by atoms with E-state index in [1.807, 2.05) is 12.1 Å². The molecular weight excluding hydrogens is 325 g/mol. The lowest BCUT2D eigenvalue weighted by molar-refractivity contribution is 0.00292. The Bertz CT molecular complexity index is 425. The van der Waals surface area contributed by atoms with Crippen LogP contribution in [-0.2, 0) is 5.33 Å². The highest BCUT2D eigenvalue weighted by atomic mass is 79.9. The molecule has 0 spiro atoms. The Hall–Kier alpha value is -0.350. The average molecular weight is 340 g/mol. The van der Waals surface area contributed by atoms with Crippen LogP contribution in [0.1, 0.15) is 24.8 Å². The molecule has 1 aliphatic rings. The van der Waals surface area contributed by atoms with Gasteiger partial charge < -0.3 is 4.74 Å². The average Bonchev–Trinajstić information content (AvgIpc) is 2.67. The lowest BCUT2D eigenvalue weighted by Crippen LogP contribution is -2.14. The van der Waals surface area contributed by atoms with Crippen LogP contribution in [0.4, 0.5) is 8.78 Å². The Balaban J connectivity index is 1.91. The molecule has 1 unspecified atom stereocenters. The number of benzene rings is 1. The summed E-state index contributed by atoms with van der Waals surface area (Å²) >= 11 is 9.39. The molecule has 18 heavy (non-hydrogen) atoms. The Kier molecular flexibility index (Phi) is 4.49. The summed E-state index contributed by atoms with van der Waals surface area (Å²) in [4.78, 5) is 0. The van der Waals surface area contributed by atoms with Gasteiger partial charge in [0.15, 0.2) is 0 Å². The van der Waals surface area contributed by atoms with E-state index in [-0.39, 0.29) is 18.8 Å². The molecule has 0 N–H and O–H groups in total. The Morgan fingerprint density at radius 1 is 1.44 bits per heavy atom. The monoisotopic (exact) mass is 338 g/mol. The third-order valence-corrected chi connectivity index (χ3v) is 4.07. The van der Waals surface area contributed by atoms with E-state index >= 15 is 0 Å². The number of halogens is 4. The molecule has 0 radical (unpaired) electrons. The summed E-state index contributed by atoms with van der Waals surface area (Å²) in [5.74, 6) is -2.03. The molecule has 1 nitrogen and oxygen atoms in total. The van der Waals surface area contributed by atoms with E-state index < -0.39 is 5.92 Å². The molecular formula is C13H14BrClF2O. The summed E-state index contributed by atoms with van der Waals surface area (Å²) in [5.41, 5.74) is 1.06. The van der Waals surface area contributed by atoms with E-state index in [1.165, 1.54) is 0 Å². The van der Waals surface area contributed by atoms with E-state index in [0.29, 0.717) is 23.8 Å². The Morgan fingerprint density at radius 2 is 2.22 bits per heavy atom. The maximum absolute atomic E-state index is 13.0. The zero-order valence-corrected chi connectivity index (χ0v) is 12.1. The summed E-state index contributed by atoms with van der Waals surface area (Å²) in [5, 5.41) is 1.25. The summed E-state index contributed by atoms with van der Waals surface area (Å²) in [6.45, 7) is 0.309. The summed E-state index contributed by atoms with van der Waals surface area (Å²) in [6.07, 6.45) is 0.408. The van der Waals surface area contributed by atoms with Gasteiger partial charge in [0.2, 0.25) is 5.92 Å². The predicted molar refractivity (Wildman–Crippen MR) is 71.9 cm³/mol. The first-order valence-electron chi connectivity index (χ1n) is 5.85. The van der Waals surface area contributed by atoms with Gasteiger partial charge in [-0.25, -0.2) is 8.78 Å². The van der Waals surface area contributed by atoms with Crippen LogP contribution in [0.2, 0.25) is 5.02 Å². The number of hydrogen-bond acceptors (Lipinski definition) is 1. The van der Waals surface area contributed by atoms with E-state index in [2.05, 4.69) is 15.9 Å². The molecule has 0 aromatic heterocycles. The molecule has 0 bridgehead atoms. The first-order valence-corrected chi connectivity index (χ1v) is 7.35. The summed E-state index contributed by atoms with van der Waals surface area (Å²) in [6, 6.07) is 5.50. The van der Waals surface area contributed by atoms with Crippen molar-refractivity contribution in [3.63, 3.8) is 0 Å². The molecule has 1 aliphatic carbocycles. The van der Waals surface area contributed by atoms with Crippen molar-refractivity contribution in [2.45, 2.75) is 30.5 Å². The van der Waals surface area contributed by atoms with Gasteiger partial charge in [0, 0.05) is 18.2 Å². The molecule has 5 heteroatoms. The maximum atomic E-state index is 13.0. The second-order valence-electron chi connectivity index (χ2n) is 4.67. The van der Waals surface area contributed by atoms with Crippen LogP contribution in [0.15, 0.2) is 18.2 Å². The fraction of sp³-hybridized carbons (Fsp3) is 0.538. The van der Waals surface area contributed by atoms with E-state index in [9.17, 15) is 8.78 Å². The molecule has 0 saturated heterocycles. The normalized spacial score (nSPS) is 22.1. The molecule has 1 aromatic carbocycles. The van der Waals surface area contributed by atoms with Gasteiger partial charge in [-0.3, -0.25) is 0 Å². The molecule has 1 atom stereocenters. The van der Waals surface area contributed by atoms with Crippen molar-refractivity contribution in [2.24, 2.45) is 5.92 Å². The van der Waals surface area contributed by atoms with Crippen molar-refractivity contribution >= 4 is 27.5 Å². The number of ether oxygens (including phenoxy) is 1. The predicted octanol–water partition coefficient (Wildman–Crippen LogP) is 5.05. The maximum Gasteiger partial charge on any atom is 0.248 e. The van der Waals surface area contributed by atoms with Crippen LogP contribution < -0.4 is 4.74 Å². The molecule has 1 saturated carbocycles. The van der Waals surface area contributed by atoms with Gasteiger partial charge in [-0.05, 0) is 30.0 Å². The van der Waals surface area contributed by atoms with Gasteiger partial charge in [-0.1, -0.05) is 33.6 Å². The van der Waals surface area contributed by atoms with E-state index in [0.717, 1.165) is 10.9 Å². The summed E-state index contributed by atoms with van der Waals surface area (Å²) in [7, 11) is 0. The second kappa shape index (κ2) is 5.74. The van der Waals surface area contributed by atoms with Crippen molar-refractivity contribution in [2.75, 3.05) is 6.61 Å². The van der Waals surface area contributed by atoms with Gasteiger partial charge >= 0.3 is 0 Å². The third kappa shape index (κ3) is 3.58.